The minimum absolute atomic E-state index is 0.0659. The number of benzene rings is 1. The number of hydrogen-bond acceptors (Lipinski definition) is 6. The van der Waals surface area contributed by atoms with E-state index in [1.165, 1.54) is 46.8 Å². The number of nitrogens with zero attached hydrogens (tertiary/aromatic N) is 2. The molecule has 0 unspecified atom stereocenters. The molecule has 2 aromatic rings. The lowest BCUT2D eigenvalue weighted by molar-refractivity contribution is 0.0905. The molecule has 0 amide bonds. The van der Waals surface area contributed by atoms with Gasteiger partial charge in [-0.05, 0) is 30.5 Å². The highest BCUT2D eigenvalue weighted by atomic mass is 32.2. The molecule has 0 bridgehead atoms. The summed E-state index contributed by atoms with van der Waals surface area (Å²) in [6, 6.07) is 9.66. The van der Waals surface area contributed by atoms with Crippen molar-refractivity contribution in [2.24, 2.45) is 0 Å². The monoisotopic (exact) mass is 392 g/mol. The van der Waals surface area contributed by atoms with Gasteiger partial charge in [0.1, 0.15) is 0 Å². The maximum absolute atomic E-state index is 12.7. The molecule has 1 aromatic heterocycles. The molecule has 0 N–H and O–H groups in total. The third-order valence-corrected chi connectivity index (χ3v) is 7.22. The van der Waals surface area contributed by atoms with Crippen molar-refractivity contribution >= 4 is 32.9 Å². The molecule has 6 nitrogen and oxygen atoms in total. The van der Waals surface area contributed by atoms with Gasteiger partial charge in [0.15, 0.2) is 11.6 Å². The third kappa shape index (κ3) is 4.09. The van der Waals surface area contributed by atoms with Crippen LogP contribution in [0.15, 0.2) is 46.7 Å². The number of rotatable bonds is 6. The first-order valence-corrected chi connectivity index (χ1v) is 10.6. The molecule has 1 aliphatic heterocycles. The van der Waals surface area contributed by atoms with Gasteiger partial charge in [-0.3, -0.25) is 14.5 Å². The topological polar surface area (TPSA) is 74.8 Å². The van der Waals surface area contributed by atoms with Crippen LogP contribution in [0.3, 0.4) is 0 Å². The van der Waals surface area contributed by atoms with Gasteiger partial charge in [-0.15, -0.1) is 11.3 Å². The van der Waals surface area contributed by atoms with Crippen molar-refractivity contribution in [3.63, 3.8) is 0 Å². The molecule has 8 heteroatoms. The fraction of sp³-hybridized carbons (Fsp3) is 0.333. The number of carbonyl (C=O) groups excluding carboxylic acids is 2. The fourth-order valence-corrected chi connectivity index (χ4v) is 4.94. The van der Waals surface area contributed by atoms with E-state index in [1.54, 1.807) is 6.07 Å². The van der Waals surface area contributed by atoms with E-state index in [0.717, 1.165) is 4.88 Å². The van der Waals surface area contributed by atoms with Crippen LogP contribution in [0.1, 0.15) is 27.0 Å². The van der Waals surface area contributed by atoms with Crippen LogP contribution in [0.5, 0.6) is 0 Å². The number of ketones is 2. The summed E-state index contributed by atoms with van der Waals surface area (Å²) >= 11 is 1.42. The van der Waals surface area contributed by atoms with Gasteiger partial charge in [0, 0.05) is 31.7 Å². The zero-order valence-corrected chi connectivity index (χ0v) is 16.1. The number of hydrogen-bond donors (Lipinski definition) is 0. The van der Waals surface area contributed by atoms with Gasteiger partial charge in [0.25, 0.3) is 0 Å². The van der Waals surface area contributed by atoms with Crippen LogP contribution < -0.4 is 0 Å². The first-order chi connectivity index (χ1) is 12.4. The standard InChI is InChI=1S/C18H20N2O4S2/c1-14(21)15-4-6-16(7-5-15)26(23,24)20-10-8-19(9-11-20)13-17(22)18-3-2-12-25-18/h2-7,12H,8-11,13H2,1H3. The van der Waals surface area contributed by atoms with Gasteiger partial charge in [-0.25, -0.2) is 8.42 Å². The molecule has 0 saturated carbocycles. The largest absolute Gasteiger partial charge is 0.295 e. The van der Waals surface area contributed by atoms with E-state index in [1.807, 2.05) is 16.3 Å². The SMILES string of the molecule is CC(=O)c1ccc(S(=O)(=O)N2CCN(CC(=O)c3cccs3)CC2)cc1. The van der Waals surface area contributed by atoms with Gasteiger partial charge < -0.3 is 0 Å². The third-order valence-electron chi connectivity index (χ3n) is 4.39. The van der Waals surface area contributed by atoms with E-state index in [0.29, 0.717) is 38.3 Å². The van der Waals surface area contributed by atoms with E-state index >= 15 is 0 Å². The highest BCUT2D eigenvalue weighted by molar-refractivity contribution is 7.89. The molecule has 138 valence electrons. The number of thiophene rings is 1. The Morgan fingerprint density at radius 2 is 1.69 bits per heavy atom. The average Bonchev–Trinajstić information content (AvgIpc) is 3.17. The lowest BCUT2D eigenvalue weighted by atomic mass is 10.2. The molecule has 0 spiro atoms. The lowest BCUT2D eigenvalue weighted by Gasteiger charge is -2.33. The summed E-state index contributed by atoms with van der Waals surface area (Å²) in [5.41, 5.74) is 0.487. The molecule has 0 atom stereocenters. The summed E-state index contributed by atoms with van der Waals surface area (Å²) in [5.74, 6) is -0.0332. The molecular formula is C18H20N2O4S2. The van der Waals surface area contributed by atoms with Crippen molar-refractivity contribution in [1.29, 1.82) is 0 Å². The highest BCUT2D eigenvalue weighted by Crippen LogP contribution is 2.19. The highest BCUT2D eigenvalue weighted by Gasteiger charge is 2.29. The Bertz CT molecular complexity index is 882. The van der Waals surface area contributed by atoms with E-state index in [-0.39, 0.29) is 16.5 Å². The van der Waals surface area contributed by atoms with Crippen LogP contribution in [0.25, 0.3) is 0 Å². The summed E-state index contributed by atoms with van der Waals surface area (Å²) in [7, 11) is -3.59. The Morgan fingerprint density at radius 1 is 1.04 bits per heavy atom. The lowest BCUT2D eigenvalue weighted by Crippen LogP contribution is -2.49. The summed E-state index contributed by atoms with van der Waals surface area (Å²) in [6.45, 7) is 3.47. The van der Waals surface area contributed by atoms with E-state index in [4.69, 9.17) is 0 Å². The van der Waals surface area contributed by atoms with Gasteiger partial charge in [-0.1, -0.05) is 18.2 Å². The summed E-state index contributed by atoms with van der Waals surface area (Å²) in [4.78, 5) is 26.4. The average molecular weight is 393 g/mol. The molecule has 3 rings (SSSR count). The Hall–Kier alpha value is -1.87. The van der Waals surface area contributed by atoms with Crippen molar-refractivity contribution < 1.29 is 18.0 Å². The van der Waals surface area contributed by atoms with E-state index in [2.05, 4.69) is 0 Å². The Kier molecular flexibility index (Phi) is 5.67. The van der Waals surface area contributed by atoms with Crippen molar-refractivity contribution in [2.45, 2.75) is 11.8 Å². The second-order valence-electron chi connectivity index (χ2n) is 6.16. The second-order valence-corrected chi connectivity index (χ2v) is 9.05. The van der Waals surface area contributed by atoms with Crippen LogP contribution in [-0.2, 0) is 10.0 Å². The van der Waals surface area contributed by atoms with Gasteiger partial charge in [0.05, 0.1) is 16.3 Å². The maximum atomic E-state index is 12.7. The Balaban J connectivity index is 1.61. The number of sulfonamides is 1. The normalized spacial score (nSPS) is 16.5. The first kappa shape index (κ1) is 18.9. The summed E-state index contributed by atoms with van der Waals surface area (Å²) in [6.07, 6.45) is 0. The predicted octanol–water partition coefficient (Wildman–Crippen LogP) is 2.14. The van der Waals surface area contributed by atoms with Crippen molar-refractivity contribution in [1.82, 2.24) is 9.21 Å². The molecule has 1 fully saturated rings. The summed E-state index contributed by atoms with van der Waals surface area (Å²) in [5, 5.41) is 1.87. The van der Waals surface area contributed by atoms with Gasteiger partial charge in [0.2, 0.25) is 10.0 Å². The Morgan fingerprint density at radius 3 is 2.23 bits per heavy atom. The van der Waals surface area contributed by atoms with Crippen molar-refractivity contribution in [3.05, 3.63) is 52.2 Å². The van der Waals surface area contributed by atoms with Crippen LogP contribution in [0.4, 0.5) is 0 Å². The van der Waals surface area contributed by atoms with Gasteiger partial charge in [-0.2, -0.15) is 4.31 Å². The molecule has 0 aliphatic carbocycles. The molecule has 2 heterocycles. The van der Waals surface area contributed by atoms with E-state index in [9.17, 15) is 18.0 Å². The molecule has 0 radical (unpaired) electrons. The van der Waals surface area contributed by atoms with Crippen LogP contribution >= 0.6 is 11.3 Å². The molecule has 1 aromatic carbocycles. The Labute approximate surface area is 157 Å². The van der Waals surface area contributed by atoms with E-state index < -0.39 is 10.0 Å². The molecule has 1 saturated heterocycles. The maximum Gasteiger partial charge on any atom is 0.243 e. The van der Waals surface area contributed by atoms with Gasteiger partial charge >= 0.3 is 0 Å². The first-order valence-electron chi connectivity index (χ1n) is 8.28. The zero-order valence-electron chi connectivity index (χ0n) is 14.4. The van der Waals surface area contributed by atoms with Crippen molar-refractivity contribution in [2.75, 3.05) is 32.7 Å². The predicted molar refractivity (Wildman–Crippen MR) is 100 cm³/mol. The molecule has 1 aliphatic rings. The minimum Gasteiger partial charge on any atom is -0.295 e. The number of Topliss-reactive ketones (excluding diaryl/α,β-unsaturated/α-hetero) is 2. The van der Waals surface area contributed by atoms with Crippen LogP contribution in [0, 0.1) is 0 Å². The zero-order chi connectivity index (χ0) is 18.7. The van der Waals surface area contributed by atoms with Crippen molar-refractivity contribution in [3.8, 4) is 0 Å². The molecular weight excluding hydrogens is 372 g/mol. The number of carbonyl (C=O) groups is 2. The smallest absolute Gasteiger partial charge is 0.243 e. The fourth-order valence-electron chi connectivity index (χ4n) is 2.86. The van der Waals surface area contributed by atoms with Crippen LogP contribution in [0.2, 0.25) is 0 Å². The molecule has 26 heavy (non-hydrogen) atoms. The quantitative estimate of drug-likeness (QED) is 0.704. The number of piperazine rings is 1. The summed E-state index contributed by atoms with van der Waals surface area (Å²) < 4.78 is 26.9. The second kappa shape index (κ2) is 7.79. The minimum atomic E-state index is -3.59. The van der Waals surface area contributed by atoms with Crippen LogP contribution in [-0.4, -0.2) is 61.9 Å².